The monoisotopic (exact) mass is 352 g/mol. The van der Waals surface area contributed by atoms with E-state index in [2.05, 4.69) is 5.32 Å². The molecule has 1 aliphatic heterocycles. The lowest BCUT2D eigenvalue weighted by molar-refractivity contribution is -0.135. The highest BCUT2D eigenvalue weighted by molar-refractivity contribution is 6.30. The van der Waals surface area contributed by atoms with E-state index in [0.29, 0.717) is 36.9 Å². The molecule has 24 heavy (non-hydrogen) atoms. The number of nitrogens with zero attached hydrogens (tertiary/aromatic N) is 2. The van der Waals surface area contributed by atoms with Crippen LogP contribution in [0.4, 0.5) is 10.5 Å². The fraction of sp³-hybridized carbons (Fsp3) is 0.529. The highest BCUT2D eigenvalue weighted by Gasteiger charge is 2.29. The van der Waals surface area contributed by atoms with Gasteiger partial charge in [0, 0.05) is 36.9 Å². The van der Waals surface area contributed by atoms with Crippen molar-refractivity contribution < 1.29 is 9.59 Å². The van der Waals surface area contributed by atoms with Crippen molar-refractivity contribution in [1.82, 2.24) is 9.80 Å². The topological polar surface area (TPSA) is 78.7 Å². The Morgan fingerprint density at radius 1 is 1.25 bits per heavy atom. The number of hydrogen-bond acceptors (Lipinski definition) is 3. The zero-order valence-electron chi connectivity index (χ0n) is 14.2. The summed E-state index contributed by atoms with van der Waals surface area (Å²) >= 11 is 5.91. The lowest BCUT2D eigenvalue weighted by Gasteiger charge is -2.36. The van der Waals surface area contributed by atoms with Gasteiger partial charge in [-0.3, -0.25) is 4.79 Å². The molecule has 3 amide bonds. The third-order valence-corrected chi connectivity index (χ3v) is 4.73. The number of amides is 3. The Kier molecular flexibility index (Phi) is 6.45. The first-order valence-corrected chi connectivity index (χ1v) is 8.66. The molecule has 0 saturated carbocycles. The third-order valence-electron chi connectivity index (χ3n) is 4.50. The molecule has 1 aromatic carbocycles. The lowest BCUT2D eigenvalue weighted by Crippen LogP contribution is -2.56. The van der Waals surface area contributed by atoms with E-state index in [1.54, 1.807) is 34.1 Å². The normalized spacial score (nSPS) is 17.3. The van der Waals surface area contributed by atoms with Crippen LogP contribution in [0.1, 0.15) is 20.3 Å². The van der Waals surface area contributed by atoms with Crippen molar-refractivity contribution in [1.29, 1.82) is 0 Å². The van der Waals surface area contributed by atoms with Gasteiger partial charge in [0.2, 0.25) is 5.91 Å². The Labute approximate surface area is 147 Å². The minimum absolute atomic E-state index is 0.0285. The molecule has 1 heterocycles. The predicted octanol–water partition coefficient (Wildman–Crippen LogP) is 2.39. The summed E-state index contributed by atoms with van der Waals surface area (Å²) in [4.78, 5) is 28.1. The number of nitrogens with two attached hydrogens (primary N) is 1. The van der Waals surface area contributed by atoms with Crippen LogP contribution in [0.5, 0.6) is 0 Å². The van der Waals surface area contributed by atoms with Gasteiger partial charge in [0.15, 0.2) is 0 Å². The molecule has 1 fully saturated rings. The average molecular weight is 353 g/mol. The van der Waals surface area contributed by atoms with Crippen molar-refractivity contribution in [2.45, 2.75) is 26.3 Å². The SMILES string of the molecule is CC[C@H](C)[C@H](N)C(=O)N1CCN(C(=O)Nc2cccc(Cl)c2)CC1. The van der Waals surface area contributed by atoms with Crippen LogP contribution in [0.2, 0.25) is 5.02 Å². The number of rotatable bonds is 4. The molecule has 0 spiro atoms. The van der Waals surface area contributed by atoms with Crippen LogP contribution in [-0.4, -0.2) is 54.0 Å². The van der Waals surface area contributed by atoms with E-state index in [1.165, 1.54) is 0 Å². The van der Waals surface area contributed by atoms with E-state index in [9.17, 15) is 9.59 Å². The number of halogens is 1. The number of nitrogens with one attached hydrogen (secondary N) is 1. The second kappa shape index (κ2) is 8.35. The Morgan fingerprint density at radius 3 is 2.46 bits per heavy atom. The summed E-state index contributed by atoms with van der Waals surface area (Å²) in [5.74, 6) is 0.126. The molecular weight excluding hydrogens is 328 g/mol. The molecule has 132 valence electrons. The van der Waals surface area contributed by atoms with Crippen molar-refractivity contribution in [3.05, 3.63) is 29.3 Å². The zero-order valence-corrected chi connectivity index (χ0v) is 14.9. The van der Waals surface area contributed by atoms with Gasteiger partial charge in [-0.05, 0) is 24.1 Å². The summed E-state index contributed by atoms with van der Waals surface area (Å²) in [6, 6.07) is 6.36. The van der Waals surface area contributed by atoms with Gasteiger partial charge in [-0.2, -0.15) is 0 Å². The smallest absolute Gasteiger partial charge is 0.321 e. The summed E-state index contributed by atoms with van der Waals surface area (Å²) in [6.45, 7) is 6.00. The van der Waals surface area contributed by atoms with Crippen molar-refractivity contribution >= 4 is 29.2 Å². The Balaban J connectivity index is 1.86. The van der Waals surface area contributed by atoms with Crippen molar-refractivity contribution in [3.8, 4) is 0 Å². The Morgan fingerprint density at radius 2 is 1.88 bits per heavy atom. The van der Waals surface area contributed by atoms with Crippen LogP contribution in [0.15, 0.2) is 24.3 Å². The fourth-order valence-corrected chi connectivity index (χ4v) is 2.80. The third kappa shape index (κ3) is 4.61. The number of benzene rings is 1. The minimum atomic E-state index is -0.471. The predicted molar refractivity (Wildman–Crippen MR) is 96.1 cm³/mol. The number of anilines is 1. The number of urea groups is 1. The summed E-state index contributed by atoms with van der Waals surface area (Å²) in [7, 11) is 0. The van der Waals surface area contributed by atoms with Gasteiger partial charge >= 0.3 is 6.03 Å². The molecule has 0 aliphatic carbocycles. The van der Waals surface area contributed by atoms with Gasteiger partial charge in [0.05, 0.1) is 6.04 Å². The van der Waals surface area contributed by atoms with E-state index in [0.717, 1.165) is 6.42 Å². The second-order valence-electron chi connectivity index (χ2n) is 6.16. The molecule has 1 aliphatic rings. The quantitative estimate of drug-likeness (QED) is 0.873. The van der Waals surface area contributed by atoms with Gasteiger partial charge < -0.3 is 20.9 Å². The van der Waals surface area contributed by atoms with Crippen LogP contribution >= 0.6 is 11.6 Å². The van der Waals surface area contributed by atoms with Gasteiger partial charge in [0.25, 0.3) is 0 Å². The zero-order chi connectivity index (χ0) is 17.7. The largest absolute Gasteiger partial charge is 0.338 e. The summed E-state index contributed by atoms with van der Waals surface area (Å²) in [6.07, 6.45) is 0.870. The summed E-state index contributed by atoms with van der Waals surface area (Å²) < 4.78 is 0. The summed E-state index contributed by atoms with van der Waals surface area (Å²) in [5, 5.41) is 3.39. The lowest BCUT2D eigenvalue weighted by atomic mass is 9.98. The minimum Gasteiger partial charge on any atom is -0.338 e. The molecule has 1 aromatic rings. The molecule has 7 heteroatoms. The fourth-order valence-electron chi connectivity index (χ4n) is 2.61. The maximum atomic E-state index is 12.4. The van der Waals surface area contributed by atoms with Crippen molar-refractivity contribution in [2.24, 2.45) is 11.7 Å². The van der Waals surface area contributed by atoms with Gasteiger partial charge in [-0.1, -0.05) is 37.9 Å². The highest BCUT2D eigenvalue weighted by atomic mass is 35.5. The first-order chi connectivity index (χ1) is 11.4. The molecule has 3 N–H and O–H groups in total. The molecule has 1 saturated heterocycles. The van der Waals surface area contributed by atoms with Crippen LogP contribution in [0.3, 0.4) is 0 Å². The second-order valence-corrected chi connectivity index (χ2v) is 6.60. The van der Waals surface area contributed by atoms with Gasteiger partial charge in [-0.15, -0.1) is 0 Å². The van der Waals surface area contributed by atoms with E-state index >= 15 is 0 Å². The average Bonchev–Trinajstić information content (AvgIpc) is 2.59. The molecule has 6 nitrogen and oxygen atoms in total. The van der Waals surface area contributed by atoms with Crippen molar-refractivity contribution in [3.63, 3.8) is 0 Å². The number of carbonyl (C=O) groups excluding carboxylic acids is 2. The van der Waals surface area contributed by atoms with Crippen LogP contribution < -0.4 is 11.1 Å². The standard InChI is InChI=1S/C17H25ClN4O2/c1-3-12(2)15(19)16(23)21-7-9-22(10-8-21)17(24)20-14-6-4-5-13(18)11-14/h4-6,11-12,15H,3,7-10,19H2,1-2H3,(H,20,24)/t12-,15-/m0/s1. The Bertz CT molecular complexity index is 588. The van der Waals surface area contributed by atoms with E-state index in [4.69, 9.17) is 17.3 Å². The molecule has 2 atom stereocenters. The molecule has 2 rings (SSSR count). The molecule has 0 unspecified atom stereocenters. The number of carbonyl (C=O) groups is 2. The summed E-state index contributed by atoms with van der Waals surface area (Å²) in [5.41, 5.74) is 6.67. The van der Waals surface area contributed by atoms with Crippen molar-refractivity contribution in [2.75, 3.05) is 31.5 Å². The van der Waals surface area contributed by atoms with Gasteiger partial charge in [-0.25, -0.2) is 4.79 Å². The van der Waals surface area contributed by atoms with E-state index < -0.39 is 6.04 Å². The maximum absolute atomic E-state index is 12.4. The van der Waals surface area contributed by atoms with Crippen LogP contribution in [0.25, 0.3) is 0 Å². The molecule has 0 bridgehead atoms. The molecule has 0 radical (unpaired) electrons. The maximum Gasteiger partial charge on any atom is 0.321 e. The first kappa shape index (κ1) is 18.5. The molecular formula is C17H25ClN4O2. The van der Waals surface area contributed by atoms with Crippen LogP contribution in [-0.2, 0) is 4.79 Å². The number of piperazine rings is 1. The first-order valence-electron chi connectivity index (χ1n) is 8.28. The van der Waals surface area contributed by atoms with E-state index in [-0.39, 0.29) is 17.9 Å². The van der Waals surface area contributed by atoms with E-state index in [1.807, 2.05) is 13.8 Å². The highest BCUT2D eigenvalue weighted by Crippen LogP contribution is 2.16. The Hall–Kier alpha value is -1.79. The number of hydrogen-bond donors (Lipinski definition) is 2. The van der Waals surface area contributed by atoms with Gasteiger partial charge in [0.1, 0.15) is 0 Å². The van der Waals surface area contributed by atoms with Crippen LogP contribution in [0, 0.1) is 5.92 Å². The molecule has 0 aromatic heterocycles.